The van der Waals surface area contributed by atoms with Crippen molar-refractivity contribution in [3.8, 4) is 6.07 Å². The van der Waals surface area contributed by atoms with E-state index in [1.807, 2.05) is 36.5 Å². The van der Waals surface area contributed by atoms with Crippen molar-refractivity contribution in [1.82, 2.24) is 24.8 Å². The van der Waals surface area contributed by atoms with Gasteiger partial charge >= 0.3 is 6.03 Å². The Morgan fingerprint density at radius 2 is 1.82 bits per heavy atom. The van der Waals surface area contributed by atoms with Crippen molar-refractivity contribution in [2.75, 3.05) is 47.0 Å². The molecule has 6 rings (SSSR count). The number of halogens is 1. The molecule has 2 aliphatic rings. The number of nitrogens with one attached hydrogen (secondary N) is 3. The van der Waals surface area contributed by atoms with Gasteiger partial charge < -0.3 is 25.8 Å². The van der Waals surface area contributed by atoms with Crippen LogP contribution in [0.5, 0.6) is 0 Å². The molecule has 3 N–H and O–H groups in total. The Kier molecular flexibility index (Phi) is 6.99. The molecule has 2 aliphatic heterocycles. The normalized spacial score (nSPS) is 14.4. The van der Waals surface area contributed by atoms with Crippen molar-refractivity contribution in [2.24, 2.45) is 0 Å². The number of nitrogens with zero attached hydrogens (tertiary/aromatic N) is 7. The monoisotopic (exact) mass is 552 g/mol. The van der Waals surface area contributed by atoms with Crippen LogP contribution < -0.4 is 20.9 Å². The molecule has 200 valence electrons. The lowest BCUT2D eigenvalue weighted by Gasteiger charge is -2.35. The van der Waals surface area contributed by atoms with Crippen LogP contribution in [0.4, 0.5) is 39.4 Å². The molecule has 0 aliphatic carbocycles. The first-order valence-corrected chi connectivity index (χ1v) is 13.2. The van der Waals surface area contributed by atoms with Gasteiger partial charge in [-0.2, -0.15) is 10.2 Å². The summed E-state index contributed by atoms with van der Waals surface area (Å²) in [6, 6.07) is 13.3. The number of carbonyl (C=O) groups is 1. The van der Waals surface area contributed by atoms with Gasteiger partial charge in [-0.3, -0.25) is 4.98 Å². The van der Waals surface area contributed by atoms with Gasteiger partial charge in [0.25, 0.3) is 0 Å². The predicted molar refractivity (Wildman–Crippen MR) is 153 cm³/mol. The fourth-order valence-electron chi connectivity index (χ4n) is 4.72. The molecule has 0 saturated carbocycles. The Morgan fingerprint density at radius 1 is 0.950 bits per heavy atom. The maximum Gasteiger partial charge on any atom is 0.321 e. The standard InChI is InChI=1S/C28H25ClN10O/c29-23-17-33-27-35-22-11-18(14-31-16-22)1-3-20-12-21(34-26(23)37-27)4-5-24(20)36-28(40)39-9-7-38(8-10-39)25-6-2-19(13-30)15-32-25/h2,4-6,11-12,14-17H,1,3,7-10H2,(H,36,40)(H2,33,34,35,37). The fourth-order valence-corrected chi connectivity index (χ4v) is 4.86. The minimum absolute atomic E-state index is 0.149. The summed E-state index contributed by atoms with van der Waals surface area (Å²) < 4.78 is 0. The Bertz CT molecular complexity index is 1600. The highest BCUT2D eigenvalue weighted by Gasteiger charge is 2.23. The van der Waals surface area contributed by atoms with Crippen molar-refractivity contribution in [1.29, 1.82) is 5.26 Å². The van der Waals surface area contributed by atoms with E-state index in [-0.39, 0.29) is 6.03 Å². The third-order valence-electron chi connectivity index (χ3n) is 6.86. The van der Waals surface area contributed by atoms with E-state index in [2.05, 4.69) is 46.9 Å². The van der Waals surface area contributed by atoms with E-state index >= 15 is 0 Å². The number of benzene rings is 1. The average molecular weight is 553 g/mol. The molecule has 11 nitrogen and oxygen atoms in total. The van der Waals surface area contributed by atoms with Crippen molar-refractivity contribution in [2.45, 2.75) is 12.8 Å². The largest absolute Gasteiger partial charge is 0.353 e. The van der Waals surface area contributed by atoms with Crippen LogP contribution in [0, 0.1) is 11.3 Å². The number of aryl methyl sites for hydroxylation is 2. The summed E-state index contributed by atoms with van der Waals surface area (Å²) >= 11 is 6.37. The van der Waals surface area contributed by atoms with Gasteiger partial charge in [0.15, 0.2) is 5.82 Å². The second kappa shape index (κ2) is 11.0. The topological polar surface area (TPSA) is 135 Å². The van der Waals surface area contributed by atoms with Crippen molar-refractivity contribution < 1.29 is 4.79 Å². The molecular formula is C28H25ClN10O. The molecule has 40 heavy (non-hydrogen) atoms. The third kappa shape index (κ3) is 5.57. The van der Waals surface area contributed by atoms with Gasteiger partial charge in [-0.15, -0.1) is 0 Å². The number of rotatable bonds is 2. The number of urea groups is 1. The molecule has 3 aromatic heterocycles. The number of hydrogen-bond donors (Lipinski definition) is 3. The van der Waals surface area contributed by atoms with E-state index < -0.39 is 0 Å². The highest BCUT2D eigenvalue weighted by molar-refractivity contribution is 6.32. The first-order chi connectivity index (χ1) is 19.5. The number of hydrogen-bond acceptors (Lipinski definition) is 9. The zero-order valence-electron chi connectivity index (χ0n) is 21.4. The Hall–Kier alpha value is -4.95. The van der Waals surface area contributed by atoms with Crippen LogP contribution in [-0.2, 0) is 12.8 Å². The van der Waals surface area contributed by atoms with Crippen molar-refractivity contribution >= 4 is 52.3 Å². The summed E-state index contributed by atoms with van der Waals surface area (Å²) in [5, 5.41) is 19.0. The Balaban J connectivity index is 1.19. The van der Waals surface area contributed by atoms with E-state index in [1.165, 1.54) is 0 Å². The summed E-state index contributed by atoms with van der Waals surface area (Å²) in [5.74, 6) is 1.68. The van der Waals surface area contributed by atoms with Gasteiger partial charge in [0.1, 0.15) is 16.9 Å². The van der Waals surface area contributed by atoms with Gasteiger partial charge in [-0.05, 0) is 60.4 Å². The smallest absolute Gasteiger partial charge is 0.321 e. The second-order valence-electron chi connectivity index (χ2n) is 9.52. The molecule has 5 heterocycles. The van der Waals surface area contributed by atoms with Gasteiger partial charge in [0.05, 0.1) is 23.6 Å². The van der Waals surface area contributed by atoms with Crippen LogP contribution in [0.25, 0.3) is 0 Å². The van der Waals surface area contributed by atoms with Crippen LogP contribution in [0.15, 0.2) is 61.2 Å². The van der Waals surface area contributed by atoms with Crippen molar-refractivity contribution in [3.63, 3.8) is 0 Å². The van der Waals surface area contributed by atoms with Gasteiger partial charge in [0, 0.05) is 49.9 Å². The molecule has 6 bridgehead atoms. The Labute approximate surface area is 235 Å². The average Bonchev–Trinajstić information content (AvgIpc) is 2.99. The lowest BCUT2D eigenvalue weighted by molar-refractivity contribution is 0.208. The second-order valence-corrected chi connectivity index (χ2v) is 9.92. The van der Waals surface area contributed by atoms with Gasteiger partial charge in [-0.25, -0.2) is 14.8 Å². The summed E-state index contributed by atoms with van der Waals surface area (Å²) in [4.78, 5) is 34.7. The van der Waals surface area contributed by atoms with E-state index in [0.717, 1.165) is 40.4 Å². The molecule has 0 radical (unpaired) electrons. The molecule has 1 fully saturated rings. The lowest BCUT2D eigenvalue weighted by Crippen LogP contribution is -2.50. The third-order valence-corrected chi connectivity index (χ3v) is 7.13. The van der Waals surface area contributed by atoms with Gasteiger partial charge in [0.2, 0.25) is 5.95 Å². The van der Waals surface area contributed by atoms with Crippen LogP contribution >= 0.6 is 11.6 Å². The summed E-state index contributed by atoms with van der Waals surface area (Å²) in [6.07, 6.45) is 8.08. The number of piperazine rings is 1. The first kappa shape index (κ1) is 25.3. The predicted octanol–water partition coefficient (Wildman–Crippen LogP) is 4.73. The SMILES string of the molecule is N#Cc1ccc(N2CCN(C(=O)Nc3ccc4cc3CCc3cncc(c3)Nc3ncc(Cl)c(n3)N4)CC2)nc1. The van der Waals surface area contributed by atoms with E-state index in [4.69, 9.17) is 16.9 Å². The van der Waals surface area contributed by atoms with Crippen LogP contribution in [0.3, 0.4) is 0 Å². The van der Waals surface area contributed by atoms with E-state index in [0.29, 0.717) is 55.0 Å². The maximum atomic E-state index is 13.3. The molecule has 0 atom stereocenters. The summed E-state index contributed by atoms with van der Waals surface area (Å²) in [7, 11) is 0. The zero-order valence-corrected chi connectivity index (χ0v) is 22.2. The van der Waals surface area contributed by atoms with E-state index in [9.17, 15) is 4.79 Å². The number of aromatic nitrogens is 4. The molecule has 1 saturated heterocycles. The molecule has 4 aromatic rings. The summed E-state index contributed by atoms with van der Waals surface area (Å²) in [5.41, 5.74) is 4.87. The quantitative estimate of drug-likeness (QED) is 0.322. The maximum absolute atomic E-state index is 13.3. The van der Waals surface area contributed by atoms with Crippen LogP contribution in [0.1, 0.15) is 16.7 Å². The lowest BCUT2D eigenvalue weighted by atomic mass is 10.0. The molecule has 2 amide bonds. The number of carbonyl (C=O) groups excluding carboxylic acids is 1. The number of anilines is 6. The zero-order chi connectivity index (χ0) is 27.5. The Morgan fingerprint density at radius 3 is 2.62 bits per heavy atom. The molecular weight excluding hydrogens is 528 g/mol. The fraction of sp³-hybridized carbons (Fsp3) is 0.214. The minimum Gasteiger partial charge on any atom is -0.353 e. The molecule has 12 heteroatoms. The molecule has 1 aromatic carbocycles. The van der Waals surface area contributed by atoms with Crippen LogP contribution in [0.2, 0.25) is 5.02 Å². The molecule has 0 spiro atoms. The van der Waals surface area contributed by atoms with Crippen molar-refractivity contribution in [3.05, 3.63) is 82.9 Å². The van der Waals surface area contributed by atoms with Crippen LogP contribution in [-0.4, -0.2) is 57.0 Å². The highest BCUT2D eigenvalue weighted by atomic mass is 35.5. The first-order valence-electron chi connectivity index (χ1n) is 12.8. The number of amides is 2. The number of pyridine rings is 2. The summed E-state index contributed by atoms with van der Waals surface area (Å²) in [6.45, 7) is 2.42. The molecule has 0 unspecified atom stereocenters. The number of nitriles is 1. The highest BCUT2D eigenvalue weighted by Crippen LogP contribution is 2.29. The van der Waals surface area contributed by atoms with E-state index in [1.54, 1.807) is 29.6 Å². The number of fused-ring (bicyclic) bond motifs is 6. The minimum atomic E-state index is -0.149. The van der Waals surface area contributed by atoms with Gasteiger partial charge in [-0.1, -0.05) is 11.6 Å².